The highest BCUT2D eigenvalue weighted by Crippen LogP contribution is 2.28. The number of anilines is 1. The number of aliphatic hydroxyl groups excluding tert-OH is 2. The number of aromatic nitrogens is 2. The molecule has 2 rings (SSSR count). The summed E-state index contributed by atoms with van der Waals surface area (Å²) in [5.74, 6) is -2.06. The maximum Gasteiger partial charge on any atom is 0.412 e. The van der Waals surface area contributed by atoms with Gasteiger partial charge in [0.1, 0.15) is 31.2 Å². The number of nitrogens with two attached hydrogens (primary N) is 4. The summed E-state index contributed by atoms with van der Waals surface area (Å²) in [6, 6.07) is 0. The van der Waals surface area contributed by atoms with Crippen molar-refractivity contribution in [3.8, 4) is 0 Å². The van der Waals surface area contributed by atoms with Gasteiger partial charge in [-0.25, -0.2) is 9.59 Å². The number of hydrogen-bond acceptors (Lipinski definition) is 13. The van der Waals surface area contributed by atoms with Gasteiger partial charge >= 0.3 is 23.7 Å². The summed E-state index contributed by atoms with van der Waals surface area (Å²) < 4.78 is 21.7. The Labute approximate surface area is 233 Å². The van der Waals surface area contributed by atoms with Gasteiger partial charge in [0, 0.05) is 11.8 Å². The summed E-state index contributed by atoms with van der Waals surface area (Å²) >= 11 is 0. The minimum absolute atomic E-state index is 0.0282. The number of esters is 2. The van der Waals surface area contributed by atoms with Gasteiger partial charge < -0.3 is 52.1 Å². The fraction of sp³-hybridized carbons (Fsp3) is 0.591. The molecule has 5 atom stereocenters. The molecule has 2 heterocycles. The van der Waals surface area contributed by atoms with Crippen molar-refractivity contribution in [3.05, 3.63) is 22.2 Å². The molecule has 1 saturated heterocycles. The summed E-state index contributed by atoms with van der Waals surface area (Å²) in [5.41, 5.74) is 20.2. The summed E-state index contributed by atoms with van der Waals surface area (Å²) in [7, 11) is 0. The van der Waals surface area contributed by atoms with Crippen molar-refractivity contribution < 1.29 is 43.5 Å². The van der Waals surface area contributed by atoms with E-state index in [2.05, 4.69) is 20.3 Å². The van der Waals surface area contributed by atoms with E-state index in [0.717, 1.165) is 4.57 Å². The van der Waals surface area contributed by atoms with E-state index >= 15 is 0 Å². The highest BCUT2D eigenvalue weighted by atomic mass is 16.6. The van der Waals surface area contributed by atoms with Crippen molar-refractivity contribution in [2.45, 2.75) is 57.3 Å². The van der Waals surface area contributed by atoms with E-state index in [1.165, 1.54) is 20.0 Å². The van der Waals surface area contributed by atoms with Crippen LogP contribution in [0.3, 0.4) is 0 Å². The molecule has 1 aromatic rings. The lowest BCUT2D eigenvalue weighted by atomic mass is 10.1. The zero-order valence-electron chi connectivity index (χ0n) is 22.5. The van der Waals surface area contributed by atoms with E-state index in [1.807, 2.05) is 0 Å². The molecule has 0 radical (unpaired) electrons. The molecular formula is C22H35N9O10. The second-order valence-corrected chi connectivity index (χ2v) is 8.81. The molecule has 1 amide bonds. The van der Waals surface area contributed by atoms with Crippen LogP contribution in [0, 0.1) is 6.92 Å². The van der Waals surface area contributed by atoms with Gasteiger partial charge in [-0.1, -0.05) is 0 Å². The van der Waals surface area contributed by atoms with E-state index in [1.54, 1.807) is 0 Å². The number of aliphatic imine (C=N–C) groups is 2. The average molecular weight is 586 g/mol. The third-order valence-electron chi connectivity index (χ3n) is 5.46. The Morgan fingerprint density at radius 3 is 2.20 bits per heavy atom. The van der Waals surface area contributed by atoms with E-state index in [-0.39, 0.29) is 43.7 Å². The Morgan fingerprint density at radius 1 is 1.05 bits per heavy atom. The van der Waals surface area contributed by atoms with Crippen molar-refractivity contribution >= 4 is 35.8 Å². The van der Waals surface area contributed by atoms with Crippen molar-refractivity contribution in [1.29, 1.82) is 0 Å². The second kappa shape index (κ2) is 15.3. The van der Waals surface area contributed by atoms with E-state index in [0.29, 0.717) is 5.56 Å². The minimum atomic E-state index is -1.37. The van der Waals surface area contributed by atoms with E-state index in [9.17, 15) is 29.4 Å². The Hall–Kier alpha value is -4.49. The van der Waals surface area contributed by atoms with Crippen LogP contribution in [0.25, 0.3) is 0 Å². The number of aryl methyl sites for hydroxylation is 1. The predicted octanol–water partition coefficient (Wildman–Crippen LogP) is -3.48. The molecule has 0 aliphatic carbocycles. The van der Waals surface area contributed by atoms with Crippen LogP contribution in [0.2, 0.25) is 0 Å². The number of nitrogens with zero attached hydrogens (tertiary/aromatic N) is 4. The van der Waals surface area contributed by atoms with Crippen LogP contribution >= 0.6 is 0 Å². The summed E-state index contributed by atoms with van der Waals surface area (Å²) in [5, 5.41) is 22.4. The Bertz CT molecular complexity index is 1200. The highest BCUT2D eigenvalue weighted by molar-refractivity contribution is 5.84. The monoisotopic (exact) mass is 585 g/mol. The number of rotatable bonds is 13. The Kier molecular flexibility index (Phi) is 12.2. The molecule has 228 valence electrons. The predicted molar refractivity (Wildman–Crippen MR) is 141 cm³/mol. The van der Waals surface area contributed by atoms with Gasteiger partial charge in [0.2, 0.25) is 0 Å². The number of guanidine groups is 2. The first kappa shape index (κ1) is 32.7. The number of nitrogens with one attached hydrogen (secondary N) is 1. The maximum absolute atomic E-state index is 12.5. The van der Waals surface area contributed by atoms with Crippen LogP contribution in [0.15, 0.2) is 21.0 Å². The van der Waals surface area contributed by atoms with Crippen molar-refractivity contribution in [2.24, 2.45) is 32.9 Å². The fourth-order valence-electron chi connectivity index (χ4n) is 3.41. The molecule has 19 heteroatoms. The smallest absolute Gasteiger partial charge is 0.412 e. The molecule has 11 N–H and O–H groups in total. The summed E-state index contributed by atoms with van der Waals surface area (Å²) in [6.07, 6.45) is -5.85. The summed E-state index contributed by atoms with van der Waals surface area (Å²) in [6.45, 7) is 1.94. The lowest BCUT2D eigenvalue weighted by Crippen LogP contribution is -2.36. The Morgan fingerprint density at radius 2 is 1.63 bits per heavy atom. The molecule has 0 aromatic carbocycles. The highest BCUT2D eigenvalue weighted by Gasteiger charge is 2.42. The van der Waals surface area contributed by atoms with Gasteiger partial charge in [-0.15, -0.1) is 0 Å². The van der Waals surface area contributed by atoms with Crippen LogP contribution in [0.1, 0.15) is 31.6 Å². The zero-order valence-corrected chi connectivity index (χ0v) is 22.5. The average Bonchev–Trinajstić information content (AvgIpc) is 3.14. The largest absolute Gasteiger partial charge is 0.462 e. The molecule has 1 fully saturated rings. The molecule has 19 nitrogen and oxygen atoms in total. The van der Waals surface area contributed by atoms with Gasteiger partial charge in [0.05, 0.1) is 32.0 Å². The number of carbonyl (C=O) groups is 3. The first-order valence-corrected chi connectivity index (χ1v) is 12.3. The van der Waals surface area contributed by atoms with Crippen LogP contribution < -0.4 is 33.9 Å². The molecule has 0 bridgehead atoms. The topological polar surface area (TPSA) is 304 Å². The van der Waals surface area contributed by atoms with Gasteiger partial charge in [0.15, 0.2) is 24.3 Å². The second-order valence-electron chi connectivity index (χ2n) is 8.81. The van der Waals surface area contributed by atoms with Crippen molar-refractivity contribution in [3.63, 3.8) is 0 Å². The number of carbonyl (C=O) groups excluding carboxylic acids is 3. The van der Waals surface area contributed by atoms with Crippen LogP contribution in [0.4, 0.5) is 10.6 Å². The minimum Gasteiger partial charge on any atom is -0.462 e. The molecule has 41 heavy (non-hydrogen) atoms. The van der Waals surface area contributed by atoms with Gasteiger partial charge in [-0.05, 0) is 13.8 Å². The van der Waals surface area contributed by atoms with E-state index in [4.69, 9.17) is 41.9 Å². The standard InChI is InChI=1S/C22H35N9O10/c1-10-7-31(18-16(35)15(34)11(2)40-18)21(36)29-17(10)30-22(37)39-9-12(41-14(33)4-6-28-20(25)26)8-38-13(32)3-5-27-19(23)24/h7,11-12,15-16,18,34-35H,3-6,8-9H2,1-2H3,(H4,23,24,27)(H4,25,26,28)(H,29,30,36,37)/t11-,12?,15-,16-,18-/m1/s1. The number of amides is 1. The van der Waals surface area contributed by atoms with Crippen LogP contribution in [-0.2, 0) is 28.5 Å². The first-order chi connectivity index (χ1) is 19.3. The number of ether oxygens (including phenoxy) is 4. The Balaban J connectivity index is 2.01. The zero-order chi connectivity index (χ0) is 30.7. The molecule has 0 saturated carbocycles. The van der Waals surface area contributed by atoms with Crippen LogP contribution in [0.5, 0.6) is 0 Å². The molecule has 0 spiro atoms. The van der Waals surface area contributed by atoms with E-state index < -0.39 is 67.6 Å². The fourth-order valence-corrected chi connectivity index (χ4v) is 3.41. The van der Waals surface area contributed by atoms with Crippen molar-refractivity contribution in [1.82, 2.24) is 9.55 Å². The summed E-state index contributed by atoms with van der Waals surface area (Å²) in [4.78, 5) is 60.1. The third-order valence-corrected chi connectivity index (χ3v) is 5.46. The maximum atomic E-state index is 12.5. The molecular weight excluding hydrogens is 550 g/mol. The SMILES string of the molecule is Cc1cn([C@@H]2O[C@H](C)[C@@H](O)[C@H]2O)c(=O)nc1NC(=O)OCC(COC(=O)CCN=C(N)N)OC(=O)CCN=C(N)N. The number of aliphatic hydroxyl groups is 2. The lowest BCUT2D eigenvalue weighted by molar-refractivity contribution is -0.161. The lowest BCUT2D eigenvalue weighted by Gasteiger charge is -2.19. The first-order valence-electron chi connectivity index (χ1n) is 12.3. The van der Waals surface area contributed by atoms with Gasteiger partial charge in [-0.2, -0.15) is 4.98 Å². The van der Waals surface area contributed by atoms with Crippen molar-refractivity contribution in [2.75, 3.05) is 31.6 Å². The van der Waals surface area contributed by atoms with Gasteiger partial charge in [-0.3, -0.25) is 29.5 Å². The third kappa shape index (κ3) is 10.5. The van der Waals surface area contributed by atoms with Crippen LogP contribution in [-0.4, -0.2) is 100 Å². The quantitative estimate of drug-likeness (QED) is 0.0511. The van der Waals surface area contributed by atoms with Gasteiger partial charge in [0.25, 0.3) is 0 Å². The number of hydrogen-bond donors (Lipinski definition) is 7. The molecule has 1 unspecified atom stereocenters. The normalized spacial score (nSPS) is 20.4. The molecule has 1 aromatic heterocycles. The molecule has 1 aliphatic heterocycles. The molecule has 1 aliphatic rings.